The van der Waals surface area contributed by atoms with Crippen LogP contribution in [0, 0.1) is 0 Å². The molecule has 1 amide bonds. The quantitative estimate of drug-likeness (QED) is 0.597. The van der Waals surface area contributed by atoms with Crippen LogP contribution in [-0.4, -0.2) is 39.1 Å². The fourth-order valence-corrected chi connectivity index (χ4v) is 3.80. The van der Waals surface area contributed by atoms with E-state index in [1.54, 1.807) is 24.0 Å². The zero-order chi connectivity index (χ0) is 21.7. The zero-order valence-corrected chi connectivity index (χ0v) is 18.4. The molecular formula is C23H29ClFN3O2. The molecule has 0 spiro atoms. The fourth-order valence-electron chi connectivity index (χ4n) is 3.67. The number of benzene rings is 1. The largest absolute Gasteiger partial charge is 0.341 e. The highest BCUT2D eigenvalue weighted by Gasteiger charge is 2.31. The molecule has 1 aliphatic heterocycles. The van der Waals surface area contributed by atoms with Gasteiger partial charge in [0.25, 0.3) is 5.56 Å². The van der Waals surface area contributed by atoms with Crippen molar-refractivity contribution in [3.8, 4) is 11.3 Å². The summed E-state index contributed by atoms with van der Waals surface area (Å²) in [7, 11) is 0. The minimum Gasteiger partial charge on any atom is -0.341 e. The van der Waals surface area contributed by atoms with Crippen molar-refractivity contribution >= 4 is 17.5 Å². The van der Waals surface area contributed by atoms with E-state index in [9.17, 15) is 14.0 Å². The molecule has 0 bridgehead atoms. The number of hydrogen-bond acceptors (Lipinski definition) is 3. The molecular weight excluding hydrogens is 405 g/mol. The van der Waals surface area contributed by atoms with Gasteiger partial charge >= 0.3 is 0 Å². The number of unbranched alkanes of at least 4 members (excludes halogenated alkanes) is 2. The number of amides is 1. The molecule has 7 heteroatoms. The van der Waals surface area contributed by atoms with Crippen LogP contribution in [0.4, 0.5) is 4.39 Å². The lowest BCUT2D eigenvalue weighted by atomic mass is 9.96. The number of piperidine rings is 1. The molecule has 2 heterocycles. The Morgan fingerprint density at radius 2 is 1.87 bits per heavy atom. The van der Waals surface area contributed by atoms with Crippen molar-refractivity contribution in [1.29, 1.82) is 0 Å². The van der Waals surface area contributed by atoms with Gasteiger partial charge in [-0.1, -0.05) is 43.5 Å². The SMILES string of the molecule is CCCCCc1nc(-c2ccc(Cl)cc2)cc(=O)n1CC(=O)N1CCC(C)(F)CC1. The summed E-state index contributed by atoms with van der Waals surface area (Å²) in [5, 5.41) is 0.617. The van der Waals surface area contributed by atoms with E-state index >= 15 is 0 Å². The maximum Gasteiger partial charge on any atom is 0.254 e. The van der Waals surface area contributed by atoms with E-state index in [1.807, 2.05) is 12.1 Å². The number of aromatic nitrogens is 2. The molecule has 0 N–H and O–H groups in total. The molecule has 2 aromatic rings. The molecule has 162 valence electrons. The van der Waals surface area contributed by atoms with Crippen molar-refractivity contribution in [1.82, 2.24) is 14.5 Å². The molecule has 1 saturated heterocycles. The highest BCUT2D eigenvalue weighted by atomic mass is 35.5. The van der Waals surface area contributed by atoms with Gasteiger partial charge in [0, 0.05) is 36.2 Å². The molecule has 3 rings (SSSR count). The first-order valence-electron chi connectivity index (χ1n) is 10.6. The second-order valence-electron chi connectivity index (χ2n) is 8.24. The monoisotopic (exact) mass is 433 g/mol. The van der Waals surface area contributed by atoms with E-state index in [-0.39, 0.29) is 18.0 Å². The molecule has 1 aromatic carbocycles. The molecule has 30 heavy (non-hydrogen) atoms. The molecule has 0 radical (unpaired) electrons. The number of carbonyl (C=O) groups is 1. The smallest absolute Gasteiger partial charge is 0.254 e. The van der Waals surface area contributed by atoms with Gasteiger partial charge < -0.3 is 4.90 Å². The van der Waals surface area contributed by atoms with E-state index in [0.717, 1.165) is 24.8 Å². The van der Waals surface area contributed by atoms with Crippen LogP contribution in [0.5, 0.6) is 0 Å². The lowest BCUT2D eigenvalue weighted by Gasteiger charge is -2.34. The summed E-state index contributed by atoms with van der Waals surface area (Å²) in [6.07, 6.45) is 4.24. The summed E-state index contributed by atoms with van der Waals surface area (Å²) < 4.78 is 15.5. The summed E-state index contributed by atoms with van der Waals surface area (Å²) >= 11 is 5.97. The van der Waals surface area contributed by atoms with Gasteiger partial charge in [0.15, 0.2) is 0 Å². The number of carbonyl (C=O) groups excluding carboxylic acids is 1. The topological polar surface area (TPSA) is 55.2 Å². The van der Waals surface area contributed by atoms with Crippen molar-refractivity contribution in [3.63, 3.8) is 0 Å². The standard InChI is InChI=1S/C23H29ClFN3O2/c1-3-4-5-6-20-26-19(17-7-9-18(24)10-8-17)15-21(29)28(20)16-22(30)27-13-11-23(2,25)12-14-27/h7-10,15H,3-6,11-14,16H2,1-2H3. The van der Waals surface area contributed by atoms with Crippen LogP contribution in [-0.2, 0) is 17.8 Å². The van der Waals surface area contributed by atoms with Gasteiger partial charge in [-0.15, -0.1) is 0 Å². The van der Waals surface area contributed by atoms with Crippen LogP contribution in [0.1, 0.15) is 51.8 Å². The van der Waals surface area contributed by atoms with Crippen LogP contribution >= 0.6 is 11.6 Å². The highest BCUT2D eigenvalue weighted by Crippen LogP contribution is 2.26. The third-order valence-corrected chi connectivity index (χ3v) is 5.94. The van der Waals surface area contributed by atoms with Crippen molar-refractivity contribution in [3.05, 3.63) is 51.5 Å². The van der Waals surface area contributed by atoms with E-state index in [0.29, 0.717) is 48.9 Å². The van der Waals surface area contributed by atoms with Crippen molar-refractivity contribution in [2.45, 2.75) is 64.6 Å². The van der Waals surface area contributed by atoms with Crippen molar-refractivity contribution < 1.29 is 9.18 Å². The zero-order valence-electron chi connectivity index (χ0n) is 17.7. The Morgan fingerprint density at radius 1 is 1.20 bits per heavy atom. The molecule has 1 aliphatic rings. The number of aryl methyl sites for hydroxylation is 1. The number of halogens is 2. The average Bonchev–Trinajstić information content (AvgIpc) is 2.70. The summed E-state index contributed by atoms with van der Waals surface area (Å²) in [5.74, 6) is 0.451. The third-order valence-electron chi connectivity index (χ3n) is 5.68. The summed E-state index contributed by atoms with van der Waals surface area (Å²) in [4.78, 5) is 32.1. The van der Waals surface area contributed by atoms with Crippen LogP contribution in [0.2, 0.25) is 5.02 Å². The lowest BCUT2D eigenvalue weighted by Crippen LogP contribution is -2.45. The lowest BCUT2D eigenvalue weighted by molar-refractivity contribution is -0.134. The van der Waals surface area contributed by atoms with Gasteiger partial charge in [-0.3, -0.25) is 14.2 Å². The predicted molar refractivity (Wildman–Crippen MR) is 117 cm³/mol. The van der Waals surface area contributed by atoms with Crippen LogP contribution in [0.15, 0.2) is 35.1 Å². The second-order valence-corrected chi connectivity index (χ2v) is 8.68. The molecule has 0 saturated carbocycles. The molecule has 5 nitrogen and oxygen atoms in total. The Labute approximate surface area is 181 Å². The van der Waals surface area contributed by atoms with Crippen molar-refractivity contribution in [2.24, 2.45) is 0 Å². The van der Waals surface area contributed by atoms with Crippen LogP contribution in [0.25, 0.3) is 11.3 Å². The molecule has 0 aliphatic carbocycles. The Hall–Kier alpha value is -2.21. The highest BCUT2D eigenvalue weighted by molar-refractivity contribution is 6.30. The van der Waals surface area contributed by atoms with Gasteiger partial charge in [-0.25, -0.2) is 9.37 Å². The first-order valence-corrected chi connectivity index (χ1v) is 11.0. The van der Waals surface area contributed by atoms with E-state index in [4.69, 9.17) is 16.6 Å². The maximum absolute atomic E-state index is 14.1. The van der Waals surface area contributed by atoms with E-state index in [1.165, 1.54) is 10.6 Å². The first-order chi connectivity index (χ1) is 14.3. The van der Waals surface area contributed by atoms with Gasteiger partial charge in [-0.2, -0.15) is 0 Å². The molecule has 0 unspecified atom stereocenters. The first kappa shape index (κ1) is 22.5. The second kappa shape index (κ2) is 9.73. The van der Waals surface area contributed by atoms with Gasteiger partial charge in [0.05, 0.1) is 5.69 Å². The normalized spacial score (nSPS) is 15.9. The summed E-state index contributed by atoms with van der Waals surface area (Å²) in [5.41, 5.74) is -0.0779. The maximum atomic E-state index is 14.1. The number of hydrogen-bond donors (Lipinski definition) is 0. The van der Waals surface area contributed by atoms with Crippen molar-refractivity contribution in [2.75, 3.05) is 13.1 Å². The van der Waals surface area contributed by atoms with Crippen LogP contribution < -0.4 is 5.56 Å². The van der Waals surface area contributed by atoms with E-state index in [2.05, 4.69) is 6.92 Å². The van der Waals surface area contributed by atoms with E-state index < -0.39 is 5.67 Å². The summed E-state index contributed by atoms with van der Waals surface area (Å²) in [6, 6.07) is 8.65. The van der Waals surface area contributed by atoms with Gasteiger partial charge in [0.1, 0.15) is 18.0 Å². The van der Waals surface area contributed by atoms with Gasteiger partial charge in [-0.05, 0) is 38.3 Å². The Kier molecular flexibility index (Phi) is 7.29. The molecule has 1 aromatic heterocycles. The number of nitrogens with zero attached hydrogens (tertiary/aromatic N) is 3. The number of alkyl halides is 1. The average molecular weight is 434 g/mol. The Morgan fingerprint density at radius 3 is 2.50 bits per heavy atom. The Balaban J connectivity index is 1.85. The number of likely N-dealkylation sites (tertiary alicyclic amines) is 1. The minimum absolute atomic E-state index is 0.0583. The molecule has 1 fully saturated rings. The third kappa shape index (κ3) is 5.69. The molecule has 0 atom stereocenters. The van der Waals surface area contributed by atoms with Crippen LogP contribution in [0.3, 0.4) is 0 Å². The predicted octanol–water partition coefficient (Wildman–Crippen LogP) is 4.65. The van der Waals surface area contributed by atoms with Gasteiger partial charge in [0.2, 0.25) is 5.91 Å². The number of rotatable bonds is 7. The Bertz CT molecular complexity index is 930. The fraction of sp³-hybridized carbons (Fsp3) is 0.522. The minimum atomic E-state index is -1.22. The summed E-state index contributed by atoms with van der Waals surface area (Å²) in [6.45, 7) is 4.38.